The van der Waals surface area contributed by atoms with E-state index in [0.717, 1.165) is 0 Å². The van der Waals surface area contributed by atoms with Crippen LogP contribution in [0.5, 0.6) is 5.75 Å². The highest BCUT2D eigenvalue weighted by Gasteiger charge is 2.40. The standard InChI is InChI=1S/C16H14F3NO2/c1-22-13-9-7-12(8-10-13)14(11-5-3-2-4-6-11)20-15(21)16(17,18)19/h2-10,14H,1H3,(H,20,21)/t14-/m1/s1. The maximum Gasteiger partial charge on any atom is 0.471 e. The first kappa shape index (κ1) is 15.9. The number of carbonyl (C=O) groups is 1. The second-order valence-electron chi connectivity index (χ2n) is 4.59. The molecule has 0 saturated heterocycles. The second kappa shape index (κ2) is 6.51. The highest BCUT2D eigenvalue weighted by Crippen LogP contribution is 2.26. The van der Waals surface area contributed by atoms with E-state index in [-0.39, 0.29) is 0 Å². The average Bonchev–Trinajstić information content (AvgIpc) is 2.52. The summed E-state index contributed by atoms with van der Waals surface area (Å²) in [5, 5.41) is 2.02. The third-order valence-electron chi connectivity index (χ3n) is 3.11. The lowest BCUT2D eigenvalue weighted by Crippen LogP contribution is -2.39. The van der Waals surface area contributed by atoms with Gasteiger partial charge in [0.25, 0.3) is 0 Å². The molecule has 0 bridgehead atoms. The molecule has 1 N–H and O–H groups in total. The summed E-state index contributed by atoms with van der Waals surface area (Å²) in [5.41, 5.74) is 1.09. The van der Waals surface area contributed by atoms with E-state index < -0.39 is 18.1 Å². The number of benzene rings is 2. The van der Waals surface area contributed by atoms with Crippen LogP contribution >= 0.6 is 0 Å². The molecule has 0 unspecified atom stereocenters. The first-order valence-electron chi connectivity index (χ1n) is 6.48. The smallest absolute Gasteiger partial charge is 0.471 e. The number of halogens is 3. The van der Waals surface area contributed by atoms with Crippen molar-refractivity contribution in [2.75, 3.05) is 7.11 Å². The minimum absolute atomic E-state index is 0.532. The summed E-state index contributed by atoms with van der Waals surface area (Å²) in [6, 6.07) is 14.1. The van der Waals surface area contributed by atoms with Crippen molar-refractivity contribution >= 4 is 5.91 Å². The Balaban J connectivity index is 2.35. The van der Waals surface area contributed by atoms with E-state index in [2.05, 4.69) is 0 Å². The molecule has 0 radical (unpaired) electrons. The second-order valence-corrected chi connectivity index (χ2v) is 4.59. The van der Waals surface area contributed by atoms with Crippen LogP contribution in [0.3, 0.4) is 0 Å². The minimum Gasteiger partial charge on any atom is -0.497 e. The Morgan fingerprint density at radius 1 is 1.00 bits per heavy atom. The molecule has 0 aliphatic rings. The monoisotopic (exact) mass is 309 g/mol. The lowest BCUT2D eigenvalue weighted by Gasteiger charge is -2.21. The quantitative estimate of drug-likeness (QED) is 0.939. The largest absolute Gasteiger partial charge is 0.497 e. The van der Waals surface area contributed by atoms with Gasteiger partial charge in [0.05, 0.1) is 13.2 Å². The van der Waals surface area contributed by atoms with Gasteiger partial charge in [-0.05, 0) is 23.3 Å². The fraction of sp³-hybridized carbons (Fsp3) is 0.188. The van der Waals surface area contributed by atoms with Crippen LogP contribution in [-0.4, -0.2) is 19.2 Å². The van der Waals surface area contributed by atoms with E-state index in [1.807, 2.05) is 5.32 Å². The molecular weight excluding hydrogens is 295 g/mol. The van der Waals surface area contributed by atoms with Gasteiger partial charge in [-0.3, -0.25) is 4.79 Å². The normalized spacial score (nSPS) is 12.5. The SMILES string of the molecule is COc1ccc([C@H](NC(=O)C(F)(F)F)c2ccccc2)cc1. The third-order valence-corrected chi connectivity index (χ3v) is 3.11. The average molecular weight is 309 g/mol. The van der Waals surface area contributed by atoms with Gasteiger partial charge < -0.3 is 10.1 Å². The van der Waals surface area contributed by atoms with Crippen molar-refractivity contribution in [1.29, 1.82) is 0 Å². The zero-order valence-electron chi connectivity index (χ0n) is 11.7. The molecule has 0 heterocycles. The number of amides is 1. The molecule has 1 amide bonds. The number of ether oxygens (including phenoxy) is 1. The van der Waals surface area contributed by atoms with Gasteiger partial charge in [-0.1, -0.05) is 42.5 Å². The lowest BCUT2D eigenvalue weighted by atomic mass is 9.98. The van der Waals surface area contributed by atoms with Gasteiger partial charge in [0.2, 0.25) is 0 Å². The molecule has 0 spiro atoms. The van der Waals surface area contributed by atoms with Crippen molar-refractivity contribution in [2.45, 2.75) is 12.2 Å². The zero-order valence-corrected chi connectivity index (χ0v) is 11.7. The summed E-state index contributed by atoms with van der Waals surface area (Å²) in [4.78, 5) is 11.3. The van der Waals surface area contributed by atoms with Crippen LogP contribution in [0.4, 0.5) is 13.2 Å². The maximum atomic E-state index is 12.5. The number of hydrogen-bond donors (Lipinski definition) is 1. The fourth-order valence-corrected chi connectivity index (χ4v) is 2.01. The summed E-state index contributed by atoms with van der Waals surface area (Å²) < 4.78 is 42.6. The van der Waals surface area contributed by atoms with Crippen LogP contribution in [-0.2, 0) is 4.79 Å². The first-order chi connectivity index (χ1) is 10.4. The molecule has 116 valence electrons. The summed E-state index contributed by atoms with van der Waals surface area (Å²) >= 11 is 0. The van der Waals surface area contributed by atoms with Crippen LogP contribution < -0.4 is 10.1 Å². The van der Waals surface area contributed by atoms with Gasteiger partial charge in [0, 0.05) is 0 Å². The fourth-order valence-electron chi connectivity index (χ4n) is 2.01. The Bertz CT molecular complexity index is 624. The summed E-state index contributed by atoms with van der Waals surface area (Å²) in [7, 11) is 1.50. The first-order valence-corrected chi connectivity index (χ1v) is 6.48. The van der Waals surface area contributed by atoms with Gasteiger partial charge in [-0.2, -0.15) is 13.2 Å². The van der Waals surface area contributed by atoms with Gasteiger partial charge >= 0.3 is 12.1 Å². The Morgan fingerprint density at radius 3 is 2.05 bits per heavy atom. The highest BCUT2D eigenvalue weighted by atomic mass is 19.4. The molecule has 1 atom stereocenters. The highest BCUT2D eigenvalue weighted by molar-refractivity contribution is 5.82. The Labute approximate surface area is 125 Å². The molecule has 22 heavy (non-hydrogen) atoms. The molecule has 0 aromatic heterocycles. The van der Waals surface area contributed by atoms with Crippen molar-refractivity contribution in [3.63, 3.8) is 0 Å². The van der Waals surface area contributed by atoms with Crippen molar-refractivity contribution < 1.29 is 22.7 Å². The van der Waals surface area contributed by atoms with Gasteiger partial charge in [0.1, 0.15) is 5.75 Å². The molecule has 2 rings (SSSR count). The number of nitrogens with one attached hydrogen (secondary N) is 1. The molecule has 0 saturated carbocycles. The molecule has 0 aliphatic carbocycles. The number of methoxy groups -OCH3 is 1. The van der Waals surface area contributed by atoms with Crippen LogP contribution in [0.15, 0.2) is 54.6 Å². The Kier molecular flexibility index (Phi) is 4.70. The zero-order chi connectivity index (χ0) is 16.2. The molecule has 0 fully saturated rings. The van der Waals surface area contributed by atoms with E-state index in [4.69, 9.17) is 4.74 Å². The molecule has 6 heteroatoms. The number of alkyl halides is 3. The van der Waals surface area contributed by atoms with Crippen molar-refractivity contribution in [1.82, 2.24) is 5.32 Å². The number of rotatable bonds is 4. The Morgan fingerprint density at radius 2 is 1.55 bits per heavy atom. The summed E-state index contributed by atoms with van der Waals surface area (Å²) in [6.45, 7) is 0. The van der Waals surface area contributed by atoms with E-state index in [1.54, 1.807) is 54.6 Å². The van der Waals surface area contributed by atoms with Crippen LogP contribution in [0, 0.1) is 0 Å². The van der Waals surface area contributed by atoms with Gasteiger partial charge in [0.15, 0.2) is 0 Å². The minimum atomic E-state index is -4.93. The molecule has 3 nitrogen and oxygen atoms in total. The van der Waals surface area contributed by atoms with Crippen LogP contribution in [0.25, 0.3) is 0 Å². The topological polar surface area (TPSA) is 38.3 Å². The number of carbonyl (C=O) groups excluding carboxylic acids is 1. The van der Waals surface area contributed by atoms with Gasteiger partial charge in [-0.15, -0.1) is 0 Å². The molecule has 2 aromatic rings. The summed E-state index contributed by atoms with van der Waals surface area (Å²) in [5.74, 6) is -1.39. The van der Waals surface area contributed by atoms with Gasteiger partial charge in [-0.25, -0.2) is 0 Å². The van der Waals surface area contributed by atoms with Crippen LogP contribution in [0.2, 0.25) is 0 Å². The molecule has 2 aromatic carbocycles. The number of hydrogen-bond acceptors (Lipinski definition) is 2. The van der Waals surface area contributed by atoms with Crippen LogP contribution in [0.1, 0.15) is 17.2 Å². The van der Waals surface area contributed by atoms with Crippen molar-refractivity contribution in [2.24, 2.45) is 0 Å². The lowest BCUT2D eigenvalue weighted by molar-refractivity contribution is -0.174. The maximum absolute atomic E-state index is 12.5. The predicted octanol–water partition coefficient (Wildman–Crippen LogP) is 3.46. The predicted molar refractivity (Wildman–Crippen MR) is 75.5 cm³/mol. The molecular formula is C16H14F3NO2. The van der Waals surface area contributed by atoms with Crippen molar-refractivity contribution in [3.05, 3.63) is 65.7 Å². The Hall–Kier alpha value is -2.50. The molecule has 0 aliphatic heterocycles. The summed E-state index contributed by atoms with van der Waals surface area (Å²) in [6.07, 6.45) is -4.93. The van der Waals surface area contributed by atoms with E-state index >= 15 is 0 Å². The van der Waals surface area contributed by atoms with E-state index in [0.29, 0.717) is 16.9 Å². The van der Waals surface area contributed by atoms with E-state index in [1.165, 1.54) is 7.11 Å². The van der Waals surface area contributed by atoms with Crippen molar-refractivity contribution in [3.8, 4) is 5.75 Å². The third kappa shape index (κ3) is 3.78. The van der Waals surface area contributed by atoms with E-state index in [9.17, 15) is 18.0 Å².